The van der Waals surface area contributed by atoms with Crippen LogP contribution in [0.3, 0.4) is 0 Å². The van der Waals surface area contributed by atoms with Gasteiger partial charge in [0.05, 0.1) is 16.8 Å². The highest BCUT2D eigenvalue weighted by Gasteiger charge is 2.09. The normalized spacial score (nSPS) is 10.7. The van der Waals surface area contributed by atoms with Crippen LogP contribution in [0.5, 0.6) is 5.75 Å². The second-order valence-electron chi connectivity index (χ2n) is 3.88. The van der Waals surface area contributed by atoms with Crippen LogP contribution in [0.2, 0.25) is 10.0 Å². The largest absolute Gasteiger partial charge is 0.507 e. The predicted molar refractivity (Wildman–Crippen MR) is 79.6 cm³/mol. The molecule has 4 nitrogen and oxygen atoms in total. The van der Waals surface area contributed by atoms with E-state index in [4.69, 9.17) is 23.2 Å². The van der Waals surface area contributed by atoms with Crippen molar-refractivity contribution in [2.45, 2.75) is 0 Å². The Morgan fingerprint density at radius 2 is 1.95 bits per heavy atom. The first-order chi connectivity index (χ1) is 9.58. The molecular formula is C14H10Cl2N2O2. The number of aromatic hydroxyl groups is 1. The maximum absolute atomic E-state index is 11.8. The van der Waals surface area contributed by atoms with Crippen LogP contribution in [0.15, 0.2) is 47.6 Å². The van der Waals surface area contributed by atoms with E-state index in [1.165, 1.54) is 24.4 Å². The molecule has 2 aromatic rings. The summed E-state index contributed by atoms with van der Waals surface area (Å²) >= 11 is 11.7. The molecule has 0 saturated heterocycles. The minimum absolute atomic E-state index is 0.0787. The van der Waals surface area contributed by atoms with Gasteiger partial charge in [0.25, 0.3) is 5.91 Å². The fraction of sp³-hybridized carbons (Fsp3) is 0. The summed E-state index contributed by atoms with van der Waals surface area (Å²) in [5.74, 6) is -0.381. The lowest BCUT2D eigenvalue weighted by molar-refractivity contribution is 0.0955. The van der Waals surface area contributed by atoms with E-state index >= 15 is 0 Å². The average Bonchev–Trinajstić information content (AvgIpc) is 2.40. The highest BCUT2D eigenvalue weighted by atomic mass is 35.5. The van der Waals surface area contributed by atoms with Gasteiger partial charge in [0.1, 0.15) is 5.75 Å². The lowest BCUT2D eigenvalue weighted by Crippen LogP contribution is -2.18. The van der Waals surface area contributed by atoms with E-state index in [2.05, 4.69) is 10.5 Å². The Balaban J connectivity index is 2.07. The molecule has 20 heavy (non-hydrogen) atoms. The molecular weight excluding hydrogens is 299 g/mol. The Bertz CT molecular complexity index is 672. The third-order valence-corrected chi connectivity index (χ3v) is 3.03. The van der Waals surface area contributed by atoms with Crippen LogP contribution in [-0.4, -0.2) is 17.2 Å². The number of nitrogens with one attached hydrogen (secondary N) is 1. The van der Waals surface area contributed by atoms with Crippen molar-refractivity contribution >= 4 is 35.3 Å². The van der Waals surface area contributed by atoms with E-state index in [1.54, 1.807) is 24.3 Å². The minimum atomic E-state index is -0.460. The number of phenolic OH excluding ortho intramolecular Hbond substituents is 1. The topological polar surface area (TPSA) is 61.7 Å². The smallest absolute Gasteiger partial charge is 0.272 e. The van der Waals surface area contributed by atoms with Crippen molar-refractivity contribution in [2.24, 2.45) is 5.10 Å². The number of nitrogens with zero attached hydrogens (tertiary/aromatic N) is 1. The SMILES string of the molecule is O=C(N/N=C\c1ccccc1O)c1ccc(Cl)cc1Cl. The van der Waals surface area contributed by atoms with Crippen LogP contribution in [0.1, 0.15) is 15.9 Å². The number of hydrazone groups is 1. The third kappa shape index (κ3) is 3.50. The van der Waals surface area contributed by atoms with Crippen LogP contribution in [0.25, 0.3) is 0 Å². The number of carbonyl (C=O) groups is 1. The number of halogens is 2. The summed E-state index contributed by atoms with van der Waals surface area (Å²) in [5, 5.41) is 14.0. The fourth-order valence-corrected chi connectivity index (χ4v) is 1.99. The Morgan fingerprint density at radius 3 is 2.65 bits per heavy atom. The van der Waals surface area contributed by atoms with E-state index in [9.17, 15) is 9.90 Å². The van der Waals surface area contributed by atoms with Crippen molar-refractivity contribution in [2.75, 3.05) is 0 Å². The number of carbonyl (C=O) groups excluding carboxylic acids is 1. The molecule has 0 fully saturated rings. The number of hydrogen-bond acceptors (Lipinski definition) is 3. The molecule has 0 bridgehead atoms. The number of amides is 1. The first-order valence-electron chi connectivity index (χ1n) is 5.64. The second kappa shape index (κ2) is 6.41. The zero-order valence-corrected chi connectivity index (χ0v) is 11.7. The predicted octanol–water partition coefficient (Wildman–Crippen LogP) is 3.46. The summed E-state index contributed by atoms with van der Waals surface area (Å²) in [7, 11) is 0. The van der Waals surface area contributed by atoms with Gasteiger partial charge in [-0.05, 0) is 30.3 Å². The maximum atomic E-state index is 11.8. The van der Waals surface area contributed by atoms with E-state index in [0.29, 0.717) is 10.6 Å². The molecule has 0 aliphatic carbocycles. The van der Waals surface area contributed by atoms with Gasteiger partial charge in [-0.2, -0.15) is 5.10 Å². The Morgan fingerprint density at radius 1 is 1.20 bits per heavy atom. The van der Waals surface area contributed by atoms with Crippen LogP contribution >= 0.6 is 23.2 Å². The molecule has 2 N–H and O–H groups in total. The van der Waals surface area contributed by atoms with E-state index in [1.807, 2.05) is 0 Å². The lowest BCUT2D eigenvalue weighted by atomic mass is 10.2. The van der Waals surface area contributed by atoms with Crippen molar-refractivity contribution in [1.82, 2.24) is 5.43 Å². The molecule has 0 radical (unpaired) electrons. The second-order valence-corrected chi connectivity index (χ2v) is 4.73. The van der Waals surface area contributed by atoms with Gasteiger partial charge >= 0.3 is 0 Å². The molecule has 0 spiro atoms. The Hall–Kier alpha value is -2.04. The standard InChI is InChI=1S/C14H10Cl2N2O2/c15-10-5-6-11(12(16)7-10)14(20)18-17-8-9-3-1-2-4-13(9)19/h1-8,19H,(H,18,20)/b17-8-. The monoisotopic (exact) mass is 308 g/mol. The highest BCUT2D eigenvalue weighted by molar-refractivity contribution is 6.36. The Labute approximate surface area is 125 Å². The molecule has 6 heteroatoms. The van der Waals surface area contributed by atoms with Crippen LogP contribution < -0.4 is 5.43 Å². The molecule has 0 saturated carbocycles. The van der Waals surface area contributed by atoms with Gasteiger partial charge in [0, 0.05) is 10.6 Å². The Kier molecular flexibility index (Phi) is 4.61. The quantitative estimate of drug-likeness (QED) is 0.674. The van der Waals surface area contributed by atoms with Crippen molar-refractivity contribution in [3.63, 3.8) is 0 Å². The zero-order valence-electron chi connectivity index (χ0n) is 10.2. The maximum Gasteiger partial charge on any atom is 0.272 e. The summed E-state index contributed by atoms with van der Waals surface area (Å²) in [5.41, 5.74) is 3.09. The van der Waals surface area contributed by atoms with E-state index in [0.717, 1.165) is 0 Å². The molecule has 0 heterocycles. The molecule has 102 valence electrons. The van der Waals surface area contributed by atoms with Crippen molar-refractivity contribution in [3.8, 4) is 5.75 Å². The summed E-state index contributed by atoms with van der Waals surface area (Å²) < 4.78 is 0. The summed E-state index contributed by atoms with van der Waals surface area (Å²) in [6.07, 6.45) is 1.34. The van der Waals surface area contributed by atoms with Crippen molar-refractivity contribution in [3.05, 3.63) is 63.6 Å². The summed E-state index contributed by atoms with van der Waals surface area (Å²) in [6, 6.07) is 11.2. The first-order valence-corrected chi connectivity index (χ1v) is 6.40. The van der Waals surface area contributed by atoms with Crippen LogP contribution in [-0.2, 0) is 0 Å². The lowest BCUT2D eigenvalue weighted by Gasteiger charge is -2.03. The molecule has 1 amide bonds. The van der Waals surface area contributed by atoms with Gasteiger partial charge in [-0.15, -0.1) is 0 Å². The van der Waals surface area contributed by atoms with Crippen LogP contribution in [0, 0.1) is 0 Å². The summed E-state index contributed by atoms with van der Waals surface area (Å²) in [6.45, 7) is 0. The fourth-order valence-electron chi connectivity index (χ4n) is 1.49. The van der Waals surface area contributed by atoms with Gasteiger partial charge in [-0.25, -0.2) is 5.43 Å². The van der Waals surface area contributed by atoms with E-state index in [-0.39, 0.29) is 16.3 Å². The number of benzene rings is 2. The molecule has 0 aliphatic rings. The molecule has 2 rings (SSSR count). The molecule has 0 aliphatic heterocycles. The van der Waals surface area contributed by atoms with Crippen molar-refractivity contribution in [1.29, 1.82) is 0 Å². The molecule has 2 aromatic carbocycles. The molecule has 0 unspecified atom stereocenters. The summed E-state index contributed by atoms with van der Waals surface area (Å²) in [4.78, 5) is 11.8. The average molecular weight is 309 g/mol. The third-order valence-electron chi connectivity index (χ3n) is 2.48. The van der Waals surface area contributed by atoms with Gasteiger partial charge in [0.15, 0.2) is 0 Å². The number of para-hydroxylation sites is 1. The van der Waals surface area contributed by atoms with Crippen molar-refractivity contribution < 1.29 is 9.90 Å². The van der Waals surface area contributed by atoms with Crippen LogP contribution in [0.4, 0.5) is 0 Å². The van der Waals surface area contributed by atoms with Gasteiger partial charge in [-0.1, -0.05) is 35.3 Å². The van der Waals surface area contributed by atoms with Gasteiger partial charge in [0.2, 0.25) is 0 Å². The minimum Gasteiger partial charge on any atom is -0.507 e. The number of rotatable bonds is 3. The van der Waals surface area contributed by atoms with E-state index < -0.39 is 5.91 Å². The first kappa shape index (κ1) is 14.4. The van der Waals surface area contributed by atoms with Gasteiger partial charge < -0.3 is 5.11 Å². The highest BCUT2D eigenvalue weighted by Crippen LogP contribution is 2.20. The molecule has 0 atom stereocenters. The zero-order chi connectivity index (χ0) is 14.5. The van der Waals surface area contributed by atoms with Gasteiger partial charge in [-0.3, -0.25) is 4.79 Å². The molecule has 0 aromatic heterocycles. The number of phenols is 1. The number of hydrogen-bond donors (Lipinski definition) is 2.